The maximum absolute atomic E-state index is 11.3. The van der Waals surface area contributed by atoms with Crippen molar-refractivity contribution in [3.63, 3.8) is 0 Å². The van der Waals surface area contributed by atoms with Gasteiger partial charge in [0.2, 0.25) is 5.75 Å². The zero-order chi connectivity index (χ0) is 12.7. The van der Waals surface area contributed by atoms with Gasteiger partial charge in [-0.3, -0.25) is 9.78 Å². The minimum atomic E-state index is -0.366. The summed E-state index contributed by atoms with van der Waals surface area (Å²) in [5.74, 6) is 0.589. The van der Waals surface area contributed by atoms with Gasteiger partial charge in [0.25, 0.3) is 0 Å². The molecule has 0 aromatic heterocycles. The molecule has 17 heavy (non-hydrogen) atoms. The zero-order valence-electron chi connectivity index (χ0n) is 10.5. The number of hydrogen-bond acceptors (Lipinski definition) is 4. The van der Waals surface area contributed by atoms with E-state index in [0.717, 1.165) is 18.4 Å². The predicted molar refractivity (Wildman–Crippen MR) is 64.0 cm³/mol. The van der Waals surface area contributed by atoms with Gasteiger partial charge < -0.3 is 4.74 Å². The molecule has 0 aliphatic rings. The third kappa shape index (κ3) is 4.34. The van der Waals surface area contributed by atoms with Crippen molar-refractivity contribution in [2.24, 2.45) is 0 Å². The van der Waals surface area contributed by atoms with Crippen molar-refractivity contribution < 1.29 is 19.3 Å². The van der Waals surface area contributed by atoms with E-state index in [1.807, 2.05) is 26.0 Å². The lowest BCUT2D eigenvalue weighted by atomic mass is 10.2. The Balaban J connectivity index is 2.54. The predicted octanol–water partition coefficient (Wildman–Crippen LogP) is 3.03. The minimum absolute atomic E-state index is 0.366. The van der Waals surface area contributed by atoms with Crippen LogP contribution in [0.15, 0.2) is 18.2 Å². The molecule has 0 atom stereocenters. The average Bonchev–Trinajstić information content (AvgIpc) is 2.34. The molecule has 1 rings (SSSR count). The van der Waals surface area contributed by atoms with Crippen molar-refractivity contribution in [1.29, 1.82) is 0 Å². The molecule has 0 spiro atoms. The second-order valence-corrected chi connectivity index (χ2v) is 3.80. The number of benzene rings is 1. The van der Waals surface area contributed by atoms with E-state index < -0.39 is 0 Å². The Morgan fingerprint density at radius 3 is 2.71 bits per heavy atom. The number of ether oxygens (including phenoxy) is 1. The smallest absolute Gasteiger partial charge is 0.355 e. The molecule has 0 heterocycles. The van der Waals surface area contributed by atoms with Gasteiger partial charge in [-0.2, -0.15) is 0 Å². The van der Waals surface area contributed by atoms with E-state index >= 15 is 0 Å². The van der Waals surface area contributed by atoms with Gasteiger partial charge in [-0.1, -0.05) is 19.4 Å². The molecular formula is C13H18O4. The van der Waals surface area contributed by atoms with Crippen LogP contribution in [-0.4, -0.2) is 13.1 Å². The highest BCUT2D eigenvalue weighted by Gasteiger charge is 2.09. The molecule has 94 valence electrons. The summed E-state index contributed by atoms with van der Waals surface area (Å²) in [6, 6.07) is 5.38. The van der Waals surface area contributed by atoms with Gasteiger partial charge in [0.1, 0.15) is 0 Å². The van der Waals surface area contributed by atoms with Crippen LogP contribution in [0.25, 0.3) is 0 Å². The van der Waals surface area contributed by atoms with Crippen LogP contribution < -0.4 is 9.62 Å². The van der Waals surface area contributed by atoms with Crippen molar-refractivity contribution >= 4 is 5.97 Å². The molecule has 4 nitrogen and oxygen atoms in total. The molecule has 0 N–H and O–H groups in total. The molecule has 0 amide bonds. The highest BCUT2D eigenvalue weighted by molar-refractivity contribution is 5.68. The van der Waals surface area contributed by atoms with Crippen molar-refractivity contribution in [2.75, 3.05) is 7.11 Å². The summed E-state index contributed by atoms with van der Waals surface area (Å²) in [5.41, 5.74) is 1.05. The Kier molecular flexibility index (Phi) is 5.33. The van der Waals surface area contributed by atoms with Crippen LogP contribution in [-0.2, 0) is 9.68 Å². The first-order chi connectivity index (χ1) is 8.17. The second kappa shape index (κ2) is 6.78. The lowest BCUT2D eigenvalue weighted by Gasteiger charge is -2.09. The van der Waals surface area contributed by atoms with E-state index in [4.69, 9.17) is 14.5 Å². The third-order valence-electron chi connectivity index (χ3n) is 2.28. The highest BCUT2D eigenvalue weighted by Crippen LogP contribution is 2.27. The molecule has 0 saturated carbocycles. The molecule has 0 aliphatic carbocycles. The topological polar surface area (TPSA) is 44.8 Å². The van der Waals surface area contributed by atoms with E-state index in [9.17, 15) is 4.79 Å². The van der Waals surface area contributed by atoms with Gasteiger partial charge in [0, 0.05) is 0 Å². The number of carbonyl (C=O) groups is 1. The Bertz CT molecular complexity index is 374. The molecule has 0 fully saturated rings. The highest BCUT2D eigenvalue weighted by atomic mass is 17.2. The number of carbonyl (C=O) groups excluding carboxylic acids is 1. The maximum Gasteiger partial charge on any atom is 0.355 e. The number of unbranched alkanes of at least 4 members (excludes halogenated alkanes) is 1. The van der Waals surface area contributed by atoms with Crippen molar-refractivity contribution in [1.82, 2.24) is 0 Å². The number of methoxy groups -OCH3 is 1. The summed E-state index contributed by atoms with van der Waals surface area (Å²) >= 11 is 0. The molecule has 0 saturated heterocycles. The lowest BCUT2D eigenvalue weighted by Crippen LogP contribution is -2.08. The summed E-state index contributed by atoms with van der Waals surface area (Å²) in [6.07, 6.45) is 2.11. The second-order valence-electron chi connectivity index (χ2n) is 3.80. The van der Waals surface area contributed by atoms with Gasteiger partial charge in [0.05, 0.1) is 13.5 Å². The molecule has 1 aromatic carbocycles. The Morgan fingerprint density at radius 2 is 2.06 bits per heavy atom. The zero-order valence-corrected chi connectivity index (χ0v) is 10.5. The summed E-state index contributed by atoms with van der Waals surface area (Å²) < 4.78 is 5.12. The fourth-order valence-electron chi connectivity index (χ4n) is 1.30. The molecule has 1 aromatic rings. The number of hydrogen-bond donors (Lipinski definition) is 0. The van der Waals surface area contributed by atoms with E-state index in [-0.39, 0.29) is 5.97 Å². The molecule has 0 aliphatic heterocycles. The Hall–Kier alpha value is -1.71. The van der Waals surface area contributed by atoms with Crippen LogP contribution in [0.5, 0.6) is 11.5 Å². The van der Waals surface area contributed by atoms with Crippen LogP contribution in [0.3, 0.4) is 0 Å². The van der Waals surface area contributed by atoms with Crippen molar-refractivity contribution in [3.8, 4) is 11.5 Å². The SMILES string of the molecule is CCCCC(=O)OOc1ccc(C)cc1OC. The average molecular weight is 238 g/mol. The molecule has 0 radical (unpaired) electrons. The summed E-state index contributed by atoms with van der Waals surface area (Å²) in [7, 11) is 1.54. The Morgan fingerprint density at radius 1 is 1.29 bits per heavy atom. The fourth-order valence-corrected chi connectivity index (χ4v) is 1.30. The maximum atomic E-state index is 11.3. The molecule has 0 bridgehead atoms. The first-order valence-corrected chi connectivity index (χ1v) is 5.69. The van der Waals surface area contributed by atoms with Crippen LogP contribution in [0.4, 0.5) is 0 Å². The van der Waals surface area contributed by atoms with E-state index in [0.29, 0.717) is 17.9 Å². The van der Waals surface area contributed by atoms with Crippen molar-refractivity contribution in [2.45, 2.75) is 33.1 Å². The van der Waals surface area contributed by atoms with Crippen LogP contribution in [0.1, 0.15) is 31.7 Å². The quantitative estimate of drug-likeness (QED) is 0.564. The molecule has 0 unspecified atom stereocenters. The van der Waals surface area contributed by atoms with E-state index in [1.54, 1.807) is 13.2 Å². The molecule has 4 heteroatoms. The van der Waals surface area contributed by atoms with Gasteiger partial charge in [-0.25, -0.2) is 4.79 Å². The van der Waals surface area contributed by atoms with Gasteiger partial charge in [-0.15, -0.1) is 0 Å². The first-order valence-electron chi connectivity index (χ1n) is 5.69. The summed E-state index contributed by atoms with van der Waals surface area (Å²) in [5, 5.41) is 0. The normalized spacial score (nSPS) is 9.82. The van der Waals surface area contributed by atoms with Gasteiger partial charge in [0.15, 0.2) is 5.75 Å². The number of aryl methyl sites for hydroxylation is 1. The van der Waals surface area contributed by atoms with Gasteiger partial charge >= 0.3 is 5.97 Å². The van der Waals surface area contributed by atoms with Crippen molar-refractivity contribution in [3.05, 3.63) is 23.8 Å². The van der Waals surface area contributed by atoms with E-state index in [1.165, 1.54) is 0 Å². The van der Waals surface area contributed by atoms with Crippen LogP contribution in [0, 0.1) is 6.92 Å². The standard InChI is InChI=1S/C13H18O4/c1-4-5-6-13(14)17-16-11-8-7-10(2)9-12(11)15-3/h7-9H,4-6H2,1-3H3. The van der Waals surface area contributed by atoms with Crippen LogP contribution in [0.2, 0.25) is 0 Å². The number of rotatable bonds is 6. The van der Waals surface area contributed by atoms with E-state index in [2.05, 4.69) is 0 Å². The van der Waals surface area contributed by atoms with Crippen LogP contribution >= 0.6 is 0 Å². The Labute approximate surface area is 101 Å². The van der Waals surface area contributed by atoms with Gasteiger partial charge in [-0.05, 0) is 31.0 Å². The summed E-state index contributed by atoms with van der Waals surface area (Å²) in [6.45, 7) is 3.96. The minimum Gasteiger partial charge on any atom is -0.493 e. The summed E-state index contributed by atoms with van der Waals surface area (Å²) in [4.78, 5) is 20.9. The lowest BCUT2D eigenvalue weighted by molar-refractivity contribution is -0.214. The largest absolute Gasteiger partial charge is 0.493 e. The third-order valence-corrected chi connectivity index (χ3v) is 2.28. The first kappa shape index (κ1) is 13.4. The fraction of sp³-hybridized carbons (Fsp3) is 0.462. The molecular weight excluding hydrogens is 220 g/mol. The monoisotopic (exact) mass is 238 g/mol.